The first-order valence-electron chi connectivity index (χ1n) is 9.50. The summed E-state index contributed by atoms with van der Waals surface area (Å²) < 4.78 is 5.54. The number of hydrogen-bond acceptors (Lipinski definition) is 4. The number of carbonyl (C=O) groups excluding carboxylic acids is 3. The summed E-state index contributed by atoms with van der Waals surface area (Å²) in [6.45, 7) is 7.03. The Balaban J connectivity index is 2.10. The first-order chi connectivity index (χ1) is 13.3. The van der Waals surface area contributed by atoms with E-state index in [0.29, 0.717) is 11.3 Å². The van der Waals surface area contributed by atoms with Gasteiger partial charge in [0.1, 0.15) is 0 Å². The molecule has 0 aromatic heterocycles. The number of rotatable bonds is 8. The zero-order valence-electron chi connectivity index (χ0n) is 16.8. The summed E-state index contributed by atoms with van der Waals surface area (Å²) >= 11 is 0. The lowest BCUT2D eigenvalue weighted by atomic mass is 9.85. The van der Waals surface area contributed by atoms with Gasteiger partial charge in [-0.1, -0.05) is 50.6 Å². The van der Waals surface area contributed by atoms with Crippen molar-refractivity contribution < 1.29 is 19.1 Å². The van der Waals surface area contributed by atoms with Crippen LogP contribution < -0.4 is 5.32 Å². The van der Waals surface area contributed by atoms with E-state index >= 15 is 0 Å². The summed E-state index contributed by atoms with van der Waals surface area (Å²) in [4.78, 5) is 36.6. The lowest BCUT2D eigenvalue weighted by molar-refractivity contribution is -0.149. The molecule has 1 amide bonds. The number of ether oxygens (including phenoxy) is 1. The second-order valence-electron chi connectivity index (χ2n) is 6.98. The number of benzene rings is 2. The Morgan fingerprint density at radius 3 is 2.11 bits per heavy atom. The van der Waals surface area contributed by atoms with Crippen LogP contribution in [0.3, 0.4) is 0 Å². The molecular formula is C23H27NO4. The predicted octanol–water partition coefficient (Wildman–Crippen LogP) is 4.59. The van der Waals surface area contributed by atoms with Crippen LogP contribution in [0.15, 0.2) is 54.6 Å². The fourth-order valence-electron chi connectivity index (χ4n) is 3.05. The minimum absolute atomic E-state index is 0.0918. The van der Waals surface area contributed by atoms with Gasteiger partial charge in [0, 0.05) is 18.2 Å². The average Bonchev–Trinajstić information content (AvgIpc) is 2.68. The average molecular weight is 381 g/mol. The van der Waals surface area contributed by atoms with Crippen LogP contribution in [0.1, 0.15) is 56.0 Å². The molecule has 2 rings (SSSR count). The van der Waals surface area contributed by atoms with Crippen LogP contribution in [0.25, 0.3) is 0 Å². The third kappa shape index (κ3) is 5.52. The molecular weight excluding hydrogens is 354 g/mol. The summed E-state index contributed by atoms with van der Waals surface area (Å²) in [6.07, 6.45) is -0.0731. The number of ketones is 1. The molecule has 0 bridgehead atoms. The number of nitrogens with one attached hydrogen (secondary N) is 1. The molecule has 0 spiro atoms. The molecule has 1 N–H and O–H groups in total. The van der Waals surface area contributed by atoms with Crippen LogP contribution in [-0.2, 0) is 14.3 Å². The molecule has 0 radical (unpaired) electrons. The van der Waals surface area contributed by atoms with Gasteiger partial charge < -0.3 is 10.1 Å². The summed E-state index contributed by atoms with van der Waals surface area (Å²) in [6, 6.07) is 16.0. The van der Waals surface area contributed by atoms with Gasteiger partial charge in [-0.25, -0.2) is 0 Å². The topological polar surface area (TPSA) is 72.5 Å². The largest absolute Gasteiger partial charge is 0.454 e. The lowest BCUT2D eigenvalue weighted by Crippen LogP contribution is -2.30. The number of Topliss-reactive ketones (excluding diaryl/α,β-unsaturated/α-hetero) is 1. The van der Waals surface area contributed by atoms with Crippen LogP contribution >= 0.6 is 0 Å². The van der Waals surface area contributed by atoms with Gasteiger partial charge in [-0.15, -0.1) is 0 Å². The Hall–Kier alpha value is -2.95. The molecule has 0 heterocycles. The Labute approximate surface area is 166 Å². The van der Waals surface area contributed by atoms with Gasteiger partial charge in [-0.3, -0.25) is 14.4 Å². The predicted molar refractivity (Wildman–Crippen MR) is 109 cm³/mol. The molecule has 0 aliphatic rings. The molecule has 28 heavy (non-hydrogen) atoms. The molecule has 5 heteroatoms. The van der Waals surface area contributed by atoms with Crippen molar-refractivity contribution in [3.05, 3.63) is 65.7 Å². The van der Waals surface area contributed by atoms with Crippen molar-refractivity contribution in [2.75, 3.05) is 5.32 Å². The fourth-order valence-corrected chi connectivity index (χ4v) is 3.05. The SMILES string of the molecule is CCC(C)C(C(=O)OC(C)C(=O)c1ccc(NC(C)=O)cc1)c1ccccc1. The molecule has 5 nitrogen and oxygen atoms in total. The Morgan fingerprint density at radius 1 is 0.964 bits per heavy atom. The zero-order valence-corrected chi connectivity index (χ0v) is 16.8. The molecule has 2 aromatic carbocycles. The minimum Gasteiger partial charge on any atom is -0.454 e. The van der Waals surface area contributed by atoms with Crippen molar-refractivity contribution in [2.45, 2.75) is 46.1 Å². The maximum Gasteiger partial charge on any atom is 0.314 e. The number of carbonyl (C=O) groups is 3. The first kappa shape index (κ1) is 21.4. The molecule has 2 aromatic rings. The van der Waals surface area contributed by atoms with Gasteiger partial charge in [0.25, 0.3) is 0 Å². The standard InChI is InChI=1S/C23H27NO4/c1-5-15(2)21(18-9-7-6-8-10-18)23(27)28-16(3)22(26)19-11-13-20(14-12-19)24-17(4)25/h6-16,21H,5H2,1-4H3,(H,24,25). The highest BCUT2D eigenvalue weighted by Gasteiger charge is 2.30. The second kappa shape index (κ2) is 9.83. The quantitative estimate of drug-likeness (QED) is 0.536. The van der Waals surface area contributed by atoms with Gasteiger partial charge in [-0.2, -0.15) is 0 Å². The van der Waals surface area contributed by atoms with Gasteiger partial charge in [0.15, 0.2) is 6.10 Å². The van der Waals surface area contributed by atoms with Crippen molar-refractivity contribution in [1.82, 2.24) is 0 Å². The zero-order chi connectivity index (χ0) is 20.7. The monoisotopic (exact) mass is 381 g/mol. The van der Waals surface area contributed by atoms with E-state index in [4.69, 9.17) is 4.74 Å². The highest BCUT2D eigenvalue weighted by molar-refractivity contribution is 6.01. The fraction of sp³-hybridized carbons (Fsp3) is 0.348. The van der Waals surface area contributed by atoms with Crippen LogP contribution in [0.5, 0.6) is 0 Å². The van der Waals surface area contributed by atoms with Crippen molar-refractivity contribution in [1.29, 1.82) is 0 Å². The van der Waals surface area contributed by atoms with Crippen LogP contribution in [0.2, 0.25) is 0 Å². The van der Waals surface area contributed by atoms with Gasteiger partial charge in [0.2, 0.25) is 11.7 Å². The Kier molecular flexibility index (Phi) is 7.50. The summed E-state index contributed by atoms with van der Waals surface area (Å²) in [5, 5.41) is 2.65. The summed E-state index contributed by atoms with van der Waals surface area (Å²) in [7, 11) is 0. The van der Waals surface area contributed by atoms with E-state index in [1.165, 1.54) is 6.92 Å². The van der Waals surface area contributed by atoms with Crippen molar-refractivity contribution >= 4 is 23.3 Å². The summed E-state index contributed by atoms with van der Waals surface area (Å²) in [5.41, 5.74) is 1.92. The maximum atomic E-state index is 12.8. The summed E-state index contributed by atoms with van der Waals surface area (Å²) in [5.74, 6) is -1.17. The molecule has 0 saturated carbocycles. The van der Waals surface area contributed by atoms with E-state index < -0.39 is 18.0 Å². The number of esters is 1. The van der Waals surface area contributed by atoms with Gasteiger partial charge >= 0.3 is 5.97 Å². The smallest absolute Gasteiger partial charge is 0.314 e. The Morgan fingerprint density at radius 2 is 1.57 bits per heavy atom. The van der Waals surface area contributed by atoms with E-state index in [9.17, 15) is 14.4 Å². The van der Waals surface area contributed by atoms with E-state index in [2.05, 4.69) is 5.32 Å². The second-order valence-corrected chi connectivity index (χ2v) is 6.98. The van der Waals surface area contributed by atoms with Crippen LogP contribution in [0.4, 0.5) is 5.69 Å². The first-order valence-corrected chi connectivity index (χ1v) is 9.50. The lowest BCUT2D eigenvalue weighted by Gasteiger charge is -2.23. The van der Waals surface area contributed by atoms with E-state index in [1.807, 2.05) is 44.2 Å². The number of anilines is 1. The van der Waals surface area contributed by atoms with Crippen LogP contribution in [-0.4, -0.2) is 23.8 Å². The number of amides is 1. The maximum absolute atomic E-state index is 12.8. The number of hydrogen-bond donors (Lipinski definition) is 1. The molecule has 3 atom stereocenters. The van der Waals surface area contributed by atoms with Crippen molar-refractivity contribution in [3.63, 3.8) is 0 Å². The Bertz CT molecular complexity index is 814. The van der Waals surface area contributed by atoms with Crippen LogP contribution in [0, 0.1) is 5.92 Å². The molecule has 148 valence electrons. The van der Waals surface area contributed by atoms with E-state index in [1.54, 1.807) is 31.2 Å². The van der Waals surface area contributed by atoms with Gasteiger partial charge in [0.05, 0.1) is 5.92 Å². The van der Waals surface area contributed by atoms with Gasteiger partial charge in [-0.05, 0) is 42.7 Å². The van der Waals surface area contributed by atoms with Crippen molar-refractivity contribution in [2.24, 2.45) is 5.92 Å². The highest BCUT2D eigenvalue weighted by Crippen LogP contribution is 2.29. The van der Waals surface area contributed by atoms with E-state index in [-0.39, 0.29) is 17.6 Å². The third-order valence-corrected chi connectivity index (χ3v) is 4.78. The van der Waals surface area contributed by atoms with E-state index in [0.717, 1.165) is 12.0 Å². The molecule has 0 aliphatic heterocycles. The normalized spacial score (nSPS) is 13.9. The molecule has 0 fully saturated rings. The highest BCUT2D eigenvalue weighted by atomic mass is 16.5. The molecule has 3 unspecified atom stereocenters. The molecule has 0 aliphatic carbocycles. The minimum atomic E-state index is -0.894. The molecule has 0 saturated heterocycles. The van der Waals surface area contributed by atoms with Crippen molar-refractivity contribution in [3.8, 4) is 0 Å². The third-order valence-electron chi connectivity index (χ3n) is 4.78.